The van der Waals surface area contributed by atoms with Crippen molar-refractivity contribution >= 4 is 11.6 Å². The molecule has 1 amide bonds. The fraction of sp³-hybridized carbons (Fsp3) is 0.273. The van der Waals surface area contributed by atoms with Crippen LogP contribution in [0.5, 0.6) is 17.2 Å². The molecule has 0 saturated heterocycles. The van der Waals surface area contributed by atoms with Crippen molar-refractivity contribution in [3.8, 4) is 23.3 Å². The third-order valence-corrected chi connectivity index (χ3v) is 4.22. The Hall–Kier alpha value is -3.66. The number of methoxy groups -OCH3 is 3. The van der Waals surface area contributed by atoms with E-state index in [0.717, 1.165) is 11.1 Å². The van der Waals surface area contributed by atoms with Crippen molar-refractivity contribution in [3.63, 3.8) is 0 Å². The molecule has 0 bridgehead atoms. The molecule has 0 atom stereocenters. The highest BCUT2D eigenvalue weighted by Gasteiger charge is 2.12. The summed E-state index contributed by atoms with van der Waals surface area (Å²) in [6, 6.07) is 13.0. The van der Waals surface area contributed by atoms with Crippen molar-refractivity contribution in [1.82, 2.24) is 5.32 Å². The van der Waals surface area contributed by atoms with Crippen LogP contribution >= 0.6 is 0 Å². The number of amides is 1. The molecule has 2 aromatic rings. The molecule has 7 nitrogen and oxygen atoms in total. The van der Waals surface area contributed by atoms with E-state index >= 15 is 0 Å². The van der Waals surface area contributed by atoms with E-state index in [4.69, 9.17) is 14.2 Å². The molecule has 0 fully saturated rings. The zero-order chi connectivity index (χ0) is 21.2. The number of carbonyl (C=O) groups excluding carboxylic acids is 1. The molecule has 0 radical (unpaired) electrons. The summed E-state index contributed by atoms with van der Waals surface area (Å²) < 4.78 is 15.8. The summed E-state index contributed by atoms with van der Waals surface area (Å²) in [5.41, 5.74) is 2.50. The van der Waals surface area contributed by atoms with Gasteiger partial charge >= 0.3 is 0 Å². The first kappa shape index (κ1) is 21.6. The van der Waals surface area contributed by atoms with E-state index in [0.29, 0.717) is 35.9 Å². The van der Waals surface area contributed by atoms with E-state index in [2.05, 4.69) is 10.6 Å². The molecule has 0 spiro atoms. The highest BCUT2D eigenvalue weighted by molar-refractivity contribution is 6.07. The number of nitrogens with one attached hydrogen (secondary N) is 2. The Labute approximate surface area is 170 Å². The first-order chi connectivity index (χ1) is 14.0. The molecule has 0 aliphatic rings. The van der Waals surface area contributed by atoms with Crippen molar-refractivity contribution in [1.29, 1.82) is 5.26 Å². The van der Waals surface area contributed by atoms with Crippen molar-refractivity contribution in [2.75, 3.05) is 33.2 Å². The maximum Gasteiger partial charge on any atom is 0.267 e. The second-order valence-electron chi connectivity index (χ2n) is 6.22. The van der Waals surface area contributed by atoms with Gasteiger partial charge in [-0.05, 0) is 48.7 Å². The van der Waals surface area contributed by atoms with Gasteiger partial charge in [0.1, 0.15) is 17.4 Å². The third-order valence-electron chi connectivity index (χ3n) is 4.22. The zero-order valence-electron chi connectivity index (χ0n) is 17.0. The fourth-order valence-corrected chi connectivity index (χ4v) is 2.68. The second-order valence-corrected chi connectivity index (χ2v) is 6.22. The highest BCUT2D eigenvalue weighted by Crippen LogP contribution is 2.27. The number of ether oxygens (including phenoxy) is 3. The van der Waals surface area contributed by atoms with Gasteiger partial charge in [0, 0.05) is 12.7 Å². The minimum absolute atomic E-state index is 0.0270. The molecule has 0 unspecified atom stereocenters. The van der Waals surface area contributed by atoms with E-state index < -0.39 is 5.91 Å². The van der Waals surface area contributed by atoms with Crippen molar-refractivity contribution in [2.45, 2.75) is 13.3 Å². The summed E-state index contributed by atoms with van der Waals surface area (Å²) in [6.07, 6.45) is 2.10. The van der Waals surface area contributed by atoms with Gasteiger partial charge in [0.05, 0.1) is 27.0 Å². The maximum atomic E-state index is 12.4. The number of anilines is 1. The first-order valence-electron chi connectivity index (χ1n) is 9.03. The van der Waals surface area contributed by atoms with Gasteiger partial charge in [0.25, 0.3) is 5.91 Å². The molecular formula is C22H25N3O4. The average Bonchev–Trinajstić information content (AvgIpc) is 2.73. The summed E-state index contributed by atoms with van der Waals surface area (Å²) in [5.74, 6) is 1.35. The first-order valence-corrected chi connectivity index (χ1v) is 9.03. The predicted molar refractivity (Wildman–Crippen MR) is 111 cm³/mol. The SMILES string of the molecule is COc1ccc(C)cc1NC(=O)/C(C#N)=C\NCCc1ccc(OC)c(OC)c1. The fourth-order valence-electron chi connectivity index (χ4n) is 2.68. The van der Waals surface area contributed by atoms with Gasteiger partial charge < -0.3 is 24.8 Å². The summed E-state index contributed by atoms with van der Waals surface area (Å²) in [7, 11) is 4.70. The van der Waals surface area contributed by atoms with Crippen LogP contribution in [-0.4, -0.2) is 33.8 Å². The van der Waals surface area contributed by atoms with E-state index in [1.165, 1.54) is 13.3 Å². The van der Waals surface area contributed by atoms with Crippen LogP contribution in [0.1, 0.15) is 11.1 Å². The molecule has 0 aromatic heterocycles. The van der Waals surface area contributed by atoms with E-state index in [-0.39, 0.29) is 5.57 Å². The van der Waals surface area contributed by atoms with Gasteiger partial charge in [0.15, 0.2) is 11.5 Å². The molecule has 29 heavy (non-hydrogen) atoms. The van der Waals surface area contributed by atoms with E-state index in [1.807, 2.05) is 37.3 Å². The lowest BCUT2D eigenvalue weighted by Gasteiger charge is -2.11. The summed E-state index contributed by atoms with van der Waals surface area (Å²) in [6.45, 7) is 2.45. The van der Waals surface area contributed by atoms with Crippen LogP contribution in [0.4, 0.5) is 5.69 Å². The number of nitrogens with zero attached hydrogens (tertiary/aromatic N) is 1. The Kier molecular flexibility index (Phi) is 7.92. The normalized spacial score (nSPS) is 10.7. The Balaban J connectivity index is 1.97. The lowest BCUT2D eigenvalue weighted by Crippen LogP contribution is -2.18. The Morgan fingerprint density at radius 3 is 2.38 bits per heavy atom. The topological polar surface area (TPSA) is 92.6 Å². The van der Waals surface area contributed by atoms with Gasteiger partial charge in [-0.2, -0.15) is 5.26 Å². The van der Waals surface area contributed by atoms with Gasteiger partial charge in [0.2, 0.25) is 0 Å². The zero-order valence-corrected chi connectivity index (χ0v) is 17.0. The molecule has 2 rings (SSSR count). The molecule has 2 N–H and O–H groups in total. The standard InChI is InChI=1S/C22H25N3O4/c1-15-5-7-19(27-2)18(11-15)25-22(26)17(13-23)14-24-10-9-16-6-8-20(28-3)21(12-16)29-4/h5-8,11-12,14,24H,9-10H2,1-4H3,(H,25,26)/b17-14-. The number of rotatable bonds is 9. The molecule has 2 aromatic carbocycles. The summed E-state index contributed by atoms with van der Waals surface area (Å²) >= 11 is 0. The Bertz CT molecular complexity index is 932. The minimum atomic E-state index is -0.505. The van der Waals surface area contributed by atoms with Crippen LogP contribution in [0.25, 0.3) is 0 Å². The Morgan fingerprint density at radius 1 is 1.03 bits per heavy atom. The van der Waals surface area contributed by atoms with Gasteiger partial charge in [-0.15, -0.1) is 0 Å². The molecule has 0 aliphatic heterocycles. The Morgan fingerprint density at radius 2 is 1.72 bits per heavy atom. The molecular weight excluding hydrogens is 370 g/mol. The average molecular weight is 395 g/mol. The van der Waals surface area contributed by atoms with Crippen molar-refractivity contribution in [3.05, 3.63) is 59.3 Å². The van der Waals surface area contributed by atoms with E-state index in [1.54, 1.807) is 26.4 Å². The lowest BCUT2D eigenvalue weighted by molar-refractivity contribution is -0.112. The van der Waals surface area contributed by atoms with Crippen molar-refractivity contribution < 1.29 is 19.0 Å². The smallest absolute Gasteiger partial charge is 0.267 e. The summed E-state index contributed by atoms with van der Waals surface area (Å²) in [4.78, 5) is 12.4. The van der Waals surface area contributed by atoms with Gasteiger partial charge in [-0.1, -0.05) is 12.1 Å². The molecule has 152 valence electrons. The monoisotopic (exact) mass is 395 g/mol. The molecule has 0 saturated carbocycles. The van der Waals surface area contributed by atoms with Crippen LogP contribution in [-0.2, 0) is 11.2 Å². The largest absolute Gasteiger partial charge is 0.495 e. The van der Waals surface area contributed by atoms with Crippen LogP contribution < -0.4 is 24.8 Å². The van der Waals surface area contributed by atoms with Crippen LogP contribution in [0.15, 0.2) is 48.2 Å². The number of hydrogen-bond donors (Lipinski definition) is 2. The number of hydrogen-bond acceptors (Lipinski definition) is 6. The molecule has 0 aliphatic carbocycles. The molecule has 0 heterocycles. The van der Waals surface area contributed by atoms with Crippen LogP contribution in [0.3, 0.4) is 0 Å². The number of carbonyl (C=O) groups is 1. The number of aryl methyl sites for hydroxylation is 1. The quantitative estimate of drug-likeness (QED) is 0.385. The maximum absolute atomic E-state index is 12.4. The van der Waals surface area contributed by atoms with Crippen molar-refractivity contribution in [2.24, 2.45) is 0 Å². The van der Waals surface area contributed by atoms with Crippen LogP contribution in [0.2, 0.25) is 0 Å². The van der Waals surface area contributed by atoms with E-state index in [9.17, 15) is 10.1 Å². The van der Waals surface area contributed by atoms with Gasteiger partial charge in [-0.3, -0.25) is 4.79 Å². The third kappa shape index (κ3) is 5.91. The second kappa shape index (κ2) is 10.6. The number of benzene rings is 2. The minimum Gasteiger partial charge on any atom is -0.495 e. The van der Waals surface area contributed by atoms with Crippen LogP contribution in [0, 0.1) is 18.3 Å². The lowest BCUT2D eigenvalue weighted by atomic mass is 10.1. The predicted octanol–water partition coefficient (Wildman–Crippen LogP) is 3.20. The number of nitriles is 1. The van der Waals surface area contributed by atoms with Gasteiger partial charge in [-0.25, -0.2) is 0 Å². The highest BCUT2D eigenvalue weighted by atomic mass is 16.5. The summed E-state index contributed by atoms with van der Waals surface area (Å²) in [5, 5.41) is 15.0. The molecule has 7 heteroatoms.